The Hall–Kier alpha value is -3.60. The topological polar surface area (TPSA) is 63.0 Å². The number of aromatic hydroxyl groups is 1. The van der Waals surface area contributed by atoms with Crippen molar-refractivity contribution in [1.82, 2.24) is 14.5 Å². The Morgan fingerprint density at radius 1 is 1.00 bits per heavy atom. The molecule has 0 amide bonds. The molecule has 0 atom stereocenters. The molecular formula is C25H26N4O. The van der Waals surface area contributed by atoms with E-state index in [1.165, 1.54) is 5.56 Å². The van der Waals surface area contributed by atoms with Gasteiger partial charge in [0.05, 0.1) is 12.0 Å². The molecule has 0 saturated carbocycles. The molecular weight excluding hydrogens is 372 g/mol. The third-order valence-corrected chi connectivity index (χ3v) is 5.17. The molecule has 0 fully saturated rings. The summed E-state index contributed by atoms with van der Waals surface area (Å²) >= 11 is 0. The largest absolute Gasteiger partial charge is 0.507 e. The van der Waals surface area contributed by atoms with Crippen LogP contribution in [0.1, 0.15) is 17.5 Å². The molecule has 2 heterocycles. The molecule has 0 bridgehead atoms. The highest BCUT2D eigenvalue weighted by Crippen LogP contribution is 2.34. The second-order valence-corrected chi connectivity index (χ2v) is 7.54. The molecule has 0 aliphatic rings. The summed E-state index contributed by atoms with van der Waals surface area (Å²) in [4.78, 5) is 8.88. The number of nitrogens with one attached hydrogen (secondary N) is 1. The summed E-state index contributed by atoms with van der Waals surface area (Å²) in [5, 5.41) is 13.9. The number of phenolic OH excluding ortho intramolecular Hbond substituents is 1. The molecule has 152 valence electrons. The quantitative estimate of drug-likeness (QED) is 0.407. The zero-order valence-corrected chi connectivity index (χ0v) is 17.3. The second-order valence-electron chi connectivity index (χ2n) is 7.54. The number of anilines is 1. The average Bonchev–Trinajstić information content (AvgIpc) is 3.27. The van der Waals surface area contributed by atoms with Crippen molar-refractivity contribution in [2.75, 3.05) is 11.9 Å². The van der Waals surface area contributed by atoms with E-state index in [2.05, 4.69) is 40.0 Å². The first kappa shape index (κ1) is 19.7. The number of benzene rings is 2. The molecule has 2 N–H and O–H groups in total. The summed E-state index contributed by atoms with van der Waals surface area (Å²) in [5.74, 6) is 1.04. The number of imidazole rings is 1. The molecule has 2 aromatic heterocycles. The van der Waals surface area contributed by atoms with E-state index in [-0.39, 0.29) is 5.75 Å². The molecule has 5 heteroatoms. The fraction of sp³-hybridized carbons (Fsp3) is 0.200. The minimum absolute atomic E-state index is 0.237. The van der Waals surface area contributed by atoms with Gasteiger partial charge in [-0.2, -0.15) is 0 Å². The summed E-state index contributed by atoms with van der Waals surface area (Å²) in [6.07, 6.45) is 6.55. The van der Waals surface area contributed by atoms with Gasteiger partial charge >= 0.3 is 0 Å². The summed E-state index contributed by atoms with van der Waals surface area (Å²) in [6.45, 7) is 5.82. The standard InChI is InChI=1S/C25H26N4O/c1-18-8-9-24(30)22(14-18)23-15-20(21-7-4-3-6-19(21)2)16-25(28-23)27-10-5-12-29-13-11-26-17-29/h3-4,6-9,11,13-17,30H,5,10,12H2,1-2H3,(H,27,28). The summed E-state index contributed by atoms with van der Waals surface area (Å²) < 4.78 is 2.06. The highest BCUT2D eigenvalue weighted by Gasteiger charge is 2.12. The SMILES string of the molecule is Cc1ccc(O)c(-c2cc(-c3ccccc3C)cc(NCCCn3ccnc3)n2)c1. The van der Waals surface area contributed by atoms with Gasteiger partial charge in [0.15, 0.2) is 0 Å². The number of hydrogen-bond acceptors (Lipinski definition) is 4. The maximum Gasteiger partial charge on any atom is 0.127 e. The van der Waals surface area contributed by atoms with E-state index < -0.39 is 0 Å². The number of pyridine rings is 1. The Labute approximate surface area is 177 Å². The van der Waals surface area contributed by atoms with Crippen LogP contribution in [0.3, 0.4) is 0 Å². The van der Waals surface area contributed by atoms with Gasteiger partial charge in [-0.05, 0) is 61.2 Å². The van der Waals surface area contributed by atoms with Crippen LogP contribution < -0.4 is 5.32 Å². The molecule has 0 saturated heterocycles. The van der Waals surface area contributed by atoms with E-state index in [0.29, 0.717) is 0 Å². The van der Waals surface area contributed by atoms with Crippen molar-refractivity contribution in [1.29, 1.82) is 0 Å². The third kappa shape index (κ3) is 4.51. The highest BCUT2D eigenvalue weighted by atomic mass is 16.3. The summed E-state index contributed by atoms with van der Waals surface area (Å²) in [5.41, 5.74) is 6.03. The fourth-order valence-electron chi connectivity index (χ4n) is 3.56. The van der Waals surface area contributed by atoms with Gasteiger partial charge in [0.25, 0.3) is 0 Å². The van der Waals surface area contributed by atoms with Gasteiger partial charge in [0.1, 0.15) is 11.6 Å². The van der Waals surface area contributed by atoms with Crippen molar-refractivity contribution >= 4 is 5.82 Å². The number of rotatable bonds is 7. The number of hydrogen-bond donors (Lipinski definition) is 2. The van der Waals surface area contributed by atoms with Gasteiger partial charge in [0.2, 0.25) is 0 Å². The van der Waals surface area contributed by atoms with Gasteiger partial charge in [0, 0.05) is 31.0 Å². The smallest absolute Gasteiger partial charge is 0.127 e. The van der Waals surface area contributed by atoms with E-state index >= 15 is 0 Å². The first-order valence-electron chi connectivity index (χ1n) is 10.2. The lowest BCUT2D eigenvalue weighted by molar-refractivity contribution is 0.477. The molecule has 4 rings (SSSR count). The lowest BCUT2D eigenvalue weighted by atomic mass is 9.98. The summed E-state index contributed by atoms with van der Waals surface area (Å²) in [6, 6.07) is 18.0. The fourth-order valence-corrected chi connectivity index (χ4v) is 3.56. The van der Waals surface area contributed by atoms with Crippen LogP contribution in [-0.4, -0.2) is 26.2 Å². The minimum atomic E-state index is 0.237. The van der Waals surface area contributed by atoms with Crippen LogP contribution in [0.5, 0.6) is 5.75 Å². The molecule has 0 aliphatic carbocycles. The molecule has 2 aromatic carbocycles. The molecule has 0 radical (unpaired) electrons. The van der Waals surface area contributed by atoms with Crippen LogP contribution >= 0.6 is 0 Å². The van der Waals surface area contributed by atoms with Crippen LogP contribution in [0, 0.1) is 13.8 Å². The highest BCUT2D eigenvalue weighted by molar-refractivity contribution is 5.77. The van der Waals surface area contributed by atoms with E-state index in [9.17, 15) is 5.11 Å². The zero-order chi connectivity index (χ0) is 20.9. The minimum Gasteiger partial charge on any atom is -0.507 e. The lowest BCUT2D eigenvalue weighted by Gasteiger charge is -2.14. The van der Waals surface area contributed by atoms with Crippen molar-refractivity contribution in [3.63, 3.8) is 0 Å². The molecule has 0 spiro atoms. The monoisotopic (exact) mass is 398 g/mol. The van der Waals surface area contributed by atoms with Crippen molar-refractivity contribution in [3.8, 4) is 28.1 Å². The lowest BCUT2D eigenvalue weighted by Crippen LogP contribution is -2.07. The van der Waals surface area contributed by atoms with Crippen LogP contribution in [0.2, 0.25) is 0 Å². The van der Waals surface area contributed by atoms with E-state index in [4.69, 9.17) is 4.98 Å². The molecule has 30 heavy (non-hydrogen) atoms. The Balaban J connectivity index is 1.65. The number of phenols is 1. The van der Waals surface area contributed by atoms with Crippen LogP contribution in [0.25, 0.3) is 22.4 Å². The van der Waals surface area contributed by atoms with Gasteiger partial charge in [-0.1, -0.05) is 35.9 Å². The van der Waals surface area contributed by atoms with Gasteiger partial charge in [-0.15, -0.1) is 0 Å². The number of aryl methyl sites for hydroxylation is 3. The third-order valence-electron chi connectivity index (χ3n) is 5.17. The zero-order valence-electron chi connectivity index (χ0n) is 17.3. The van der Waals surface area contributed by atoms with Gasteiger partial charge in [-0.3, -0.25) is 0 Å². The first-order chi connectivity index (χ1) is 14.6. The Morgan fingerprint density at radius 3 is 2.67 bits per heavy atom. The van der Waals surface area contributed by atoms with Crippen molar-refractivity contribution in [2.24, 2.45) is 0 Å². The maximum atomic E-state index is 10.4. The number of nitrogens with zero attached hydrogens (tertiary/aromatic N) is 3. The normalized spacial score (nSPS) is 10.9. The summed E-state index contributed by atoms with van der Waals surface area (Å²) in [7, 11) is 0. The van der Waals surface area contributed by atoms with Gasteiger partial charge in [-0.25, -0.2) is 9.97 Å². The van der Waals surface area contributed by atoms with Crippen molar-refractivity contribution < 1.29 is 5.11 Å². The average molecular weight is 399 g/mol. The molecule has 4 aromatic rings. The maximum absolute atomic E-state index is 10.4. The number of aromatic nitrogens is 3. The first-order valence-corrected chi connectivity index (χ1v) is 10.2. The van der Waals surface area contributed by atoms with E-state index in [1.54, 1.807) is 12.3 Å². The predicted octanol–water partition coefficient (Wildman–Crippen LogP) is 5.44. The van der Waals surface area contributed by atoms with Crippen molar-refractivity contribution in [2.45, 2.75) is 26.8 Å². The van der Waals surface area contributed by atoms with Crippen LogP contribution in [-0.2, 0) is 6.54 Å². The Morgan fingerprint density at radius 2 is 1.87 bits per heavy atom. The molecule has 0 aliphatic heterocycles. The second kappa shape index (κ2) is 8.82. The van der Waals surface area contributed by atoms with Crippen LogP contribution in [0.4, 0.5) is 5.82 Å². The molecule has 5 nitrogen and oxygen atoms in total. The van der Waals surface area contributed by atoms with Crippen LogP contribution in [0.15, 0.2) is 73.3 Å². The van der Waals surface area contributed by atoms with E-state index in [0.717, 1.165) is 53.3 Å². The Kier molecular flexibility index (Phi) is 5.80. The Bertz CT molecular complexity index is 1140. The van der Waals surface area contributed by atoms with E-state index in [1.807, 2.05) is 49.8 Å². The predicted molar refractivity (Wildman–Crippen MR) is 122 cm³/mol. The van der Waals surface area contributed by atoms with Crippen molar-refractivity contribution in [3.05, 3.63) is 84.4 Å². The molecule has 0 unspecified atom stereocenters. The van der Waals surface area contributed by atoms with Gasteiger partial charge < -0.3 is 15.0 Å².